The summed E-state index contributed by atoms with van der Waals surface area (Å²) in [6.45, 7) is 6.12. The summed E-state index contributed by atoms with van der Waals surface area (Å²) in [6.07, 6.45) is 5.56. The van der Waals surface area contributed by atoms with Crippen LogP contribution in [0.2, 0.25) is 0 Å². The van der Waals surface area contributed by atoms with Gasteiger partial charge in [-0.3, -0.25) is 9.80 Å². The maximum Gasteiger partial charge on any atom is 0.162 e. The number of piperazine rings is 1. The summed E-state index contributed by atoms with van der Waals surface area (Å²) in [5.74, 6) is 1.98. The number of nitrogens with zero attached hydrogens (tertiary/aromatic N) is 5. The first kappa shape index (κ1) is 15.6. The van der Waals surface area contributed by atoms with Crippen LogP contribution in [0.25, 0.3) is 10.8 Å². The van der Waals surface area contributed by atoms with Crippen LogP contribution in [0.4, 0.5) is 0 Å². The van der Waals surface area contributed by atoms with Gasteiger partial charge in [0.1, 0.15) is 5.82 Å². The normalized spacial score (nSPS) is 16.7. The average molecular weight is 343 g/mol. The van der Waals surface area contributed by atoms with Gasteiger partial charge in [0.05, 0.1) is 18.5 Å². The smallest absolute Gasteiger partial charge is 0.162 e. The molecule has 1 saturated heterocycles. The van der Waals surface area contributed by atoms with E-state index in [1.807, 2.05) is 24.5 Å². The molecule has 1 aliphatic heterocycles. The van der Waals surface area contributed by atoms with Crippen molar-refractivity contribution in [2.24, 2.45) is 7.05 Å². The summed E-state index contributed by atoms with van der Waals surface area (Å²) in [6, 6.07) is 3.86. The molecule has 1 fully saturated rings. The first-order chi connectivity index (χ1) is 11.8. The minimum Gasteiger partial charge on any atom is -0.462 e. The Labute approximate surface area is 145 Å². The lowest BCUT2D eigenvalue weighted by Crippen LogP contribution is -2.45. The number of aryl methyl sites for hydroxylation is 1. The average Bonchev–Trinajstić information content (AvgIpc) is 3.32. The van der Waals surface area contributed by atoms with Crippen LogP contribution < -0.4 is 0 Å². The van der Waals surface area contributed by atoms with Crippen molar-refractivity contribution in [3.05, 3.63) is 47.7 Å². The molecule has 24 heavy (non-hydrogen) atoms. The van der Waals surface area contributed by atoms with E-state index in [0.717, 1.165) is 61.6 Å². The second-order valence-corrected chi connectivity index (χ2v) is 6.99. The third-order valence-corrected chi connectivity index (χ3v) is 5.33. The first-order valence-electron chi connectivity index (χ1n) is 8.17. The summed E-state index contributed by atoms with van der Waals surface area (Å²) < 4.78 is 7.51. The quantitative estimate of drug-likeness (QED) is 0.712. The van der Waals surface area contributed by atoms with Gasteiger partial charge >= 0.3 is 0 Å². The van der Waals surface area contributed by atoms with Crippen molar-refractivity contribution in [3.8, 4) is 10.8 Å². The van der Waals surface area contributed by atoms with E-state index in [2.05, 4.69) is 31.8 Å². The molecule has 0 bridgehead atoms. The van der Waals surface area contributed by atoms with Gasteiger partial charge in [0.25, 0.3) is 0 Å². The summed E-state index contributed by atoms with van der Waals surface area (Å²) in [4.78, 5) is 14.0. The van der Waals surface area contributed by atoms with Crippen molar-refractivity contribution in [1.29, 1.82) is 0 Å². The zero-order valence-electron chi connectivity index (χ0n) is 13.8. The Balaban J connectivity index is 1.30. The molecule has 0 radical (unpaired) electrons. The lowest BCUT2D eigenvalue weighted by Gasteiger charge is -2.34. The standard InChI is InChI=1S/C17H21N5OS/c1-20-5-4-18-16(20)12-22-8-6-21(7-9-22)11-14-13-24-17(19-14)15-3-2-10-23-15/h2-5,10,13H,6-9,11-12H2,1H3. The molecule has 0 spiro atoms. The topological polar surface area (TPSA) is 50.3 Å². The van der Waals surface area contributed by atoms with Crippen molar-refractivity contribution in [2.45, 2.75) is 13.1 Å². The van der Waals surface area contributed by atoms with Gasteiger partial charge < -0.3 is 8.98 Å². The number of furan rings is 1. The number of hydrogen-bond donors (Lipinski definition) is 0. The maximum absolute atomic E-state index is 5.42. The van der Waals surface area contributed by atoms with Crippen LogP contribution >= 0.6 is 11.3 Å². The highest BCUT2D eigenvalue weighted by molar-refractivity contribution is 7.13. The fourth-order valence-corrected chi connectivity index (χ4v) is 3.75. The Morgan fingerprint density at radius 2 is 1.96 bits per heavy atom. The van der Waals surface area contributed by atoms with Crippen LogP contribution in [-0.2, 0) is 20.1 Å². The van der Waals surface area contributed by atoms with E-state index in [-0.39, 0.29) is 0 Å². The maximum atomic E-state index is 5.42. The third-order valence-electron chi connectivity index (χ3n) is 4.42. The Morgan fingerprint density at radius 3 is 2.62 bits per heavy atom. The van der Waals surface area contributed by atoms with Crippen LogP contribution in [0.5, 0.6) is 0 Å². The second-order valence-electron chi connectivity index (χ2n) is 6.13. The minimum absolute atomic E-state index is 0.853. The fraction of sp³-hybridized carbons (Fsp3) is 0.412. The highest BCUT2D eigenvalue weighted by Gasteiger charge is 2.19. The van der Waals surface area contributed by atoms with E-state index in [1.165, 1.54) is 0 Å². The number of hydrogen-bond acceptors (Lipinski definition) is 6. The summed E-state index contributed by atoms with van der Waals surface area (Å²) >= 11 is 1.65. The molecular weight excluding hydrogens is 322 g/mol. The van der Waals surface area contributed by atoms with Crippen LogP contribution in [-0.4, -0.2) is 50.5 Å². The van der Waals surface area contributed by atoms with Crippen LogP contribution in [0, 0.1) is 0 Å². The molecule has 0 N–H and O–H groups in total. The molecule has 0 unspecified atom stereocenters. The van der Waals surface area contributed by atoms with Crippen molar-refractivity contribution in [3.63, 3.8) is 0 Å². The van der Waals surface area contributed by atoms with Crippen molar-refractivity contribution in [2.75, 3.05) is 26.2 Å². The zero-order chi connectivity index (χ0) is 16.4. The predicted molar refractivity (Wildman–Crippen MR) is 93.6 cm³/mol. The van der Waals surface area contributed by atoms with Gasteiger partial charge in [-0.25, -0.2) is 9.97 Å². The summed E-state index contributed by atoms with van der Waals surface area (Å²) in [5.41, 5.74) is 1.13. The van der Waals surface area contributed by atoms with Gasteiger partial charge in [0, 0.05) is 57.5 Å². The summed E-state index contributed by atoms with van der Waals surface area (Å²) in [5, 5.41) is 3.10. The van der Waals surface area contributed by atoms with Crippen LogP contribution in [0.15, 0.2) is 40.6 Å². The highest BCUT2D eigenvalue weighted by atomic mass is 32.1. The van der Waals surface area contributed by atoms with Gasteiger partial charge in [-0.1, -0.05) is 0 Å². The van der Waals surface area contributed by atoms with Gasteiger partial charge in [-0.15, -0.1) is 11.3 Å². The van der Waals surface area contributed by atoms with Crippen molar-refractivity contribution in [1.82, 2.24) is 24.3 Å². The molecule has 126 valence electrons. The lowest BCUT2D eigenvalue weighted by atomic mass is 10.3. The van der Waals surface area contributed by atoms with E-state index in [4.69, 9.17) is 9.40 Å². The molecular formula is C17H21N5OS. The van der Waals surface area contributed by atoms with Crippen LogP contribution in [0.1, 0.15) is 11.5 Å². The zero-order valence-corrected chi connectivity index (χ0v) is 14.6. The van der Waals surface area contributed by atoms with Crippen molar-refractivity contribution < 1.29 is 4.42 Å². The SMILES string of the molecule is Cn1ccnc1CN1CCN(Cc2csc(-c3ccco3)n2)CC1. The lowest BCUT2D eigenvalue weighted by molar-refractivity contribution is 0.118. The molecule has 0 aromatic carbocycles. The second kappa shape index (κ2) is 6.88. The molecule has 3 aromatic heterocycles. The number of rotatable bonds is 5. The number of thiazole rings is 1. The molecule has 6 nitrogen and oxygen atoms in total. The first-order valence-corrected chi connectivity index (χ1v) is 9.05. The van der Waals surface area contributed by atoms with Gasteiger partial charge in [0.15, 0.2) is 10.8 Å². The number of imidazole rings is 1. The predicted octanol–water partition coefficient (Wildman–Crippen LogP) is 2.45. The molecule has 1 aliphatic rings. The monoisotopic (exact) mass is 343 g/mol. The Hall–Kier alpha value is -1.96. The molecule has 7 heteroatoms. The van der Waals surface area contributed by atoms with E-state index < -0.39 is 0 Å². The molecule has 4 heterocycles. The van der Waals surface area contributed by atoms with E-state index >= 15 is 0 Å². The van der Waals surface area contributed by atoms with Gasteiger partial charge in [-0.2, -0.15) is 0 Å². The Morgan fingerprint density at radius 1 is 1.17 bits per heavy atom. The highest BCUT2D eigenvalue weighted by Crippen LogP contribution is 2.24. The summed E-state index contributed by atoms with van der Waals surface area (Å²) in [7, 11) is 2.05. The van der Waals surface area contributed by atoms with Crippen molar-refractivity contribution >= 4 is 11.3 Å². The molecule has 0 atom stereocenters. The Bertz CT molecular complexity index is 771. The molecule has 0 saturated carbocycles. The van der Waals surface area contributed by atoms with Gasteiger partial charge in [0.2, 0.25) is 0 Å². The Kier molecular flexibility index (Phi) is 4.46. The van der Waals surface area contributed by atoms with E-state index in [9.17, 15) is 0 Å². The van der Waals surface area contributed by atoms with E-state index in [1.54, 1.807) is 17.6 Å². The van der Waals surface area contributed by atoms with Gasteiger partial charge in [-0.05, 0) is 12.1 Å². The largest absolute Gasteiger partial charge is 0.462 e. The van der Waals surface area contributed by atoms with Crippen LogP contribution in [0.3, 0.4) is 0 Å². The third kappa shape index (κ3) is 3.43. The molecule has 4 rings (SSSR count). The molecule has 3 aromatic rings. The fourth-order valence-electron chi connectivity index (χ4n) is 2.98. The minimum atomic E-state index is 0.853. The van der Waals surface area contributed by atoms with E-state index in [0.29, 0.717) is 0 Å². The number of aromatic nitrogens is 3. The molecule has 0 aliphatic carbocycles. The molecule has 0 amide bonds.